The molecular formula is C26H23Cl4NO. The van der Waals surface area contributed by atoms with Gasteiger partial charge in [0.2, 0.25) is 0 Å². The van der Waals surface area contributed by atoms with Crippen molar-refractivity contribution in [3.63, 3.8) is 0 Å². The molecule has 2 aromatic carbocycles. The molecule has 2 unspecified atom stereocenters. The molecule has 2 fully saturated rings. The topological polar surface area (TPSA) is 29.1 Å². The Morgan fingerprint density at radius 3 is 1.59 bits per heavy atom. The van der Waals surface area contributed by atoms with Gasteiger partial charge in [-0.05, 0) is 80.7 Å². The third kappa shape index (κ3) is 5.98. The highest BCUT2D eigenvalue weighted by Gasteiger charge is 2.37. The molecule has 0 radical (unpaired) electrons. The summed E-state index contributed by atoms with van der Waals surface area (Å²) < 4.78 is 0. The van der Waals surface area contributed by atoms with Gasteiger partial charge >= 0.3 is 0 Å². The molecule has 2 aliphatic rings. The Bertz CT molecular complexity index is 1060. The van der Waals surface area contributed by atoms with Crippen LogP contribution >= 0.6 is 46.4 Å². The summed E-state index contributed by atoms with van der Waals surface area (Å²) in [6.07, 6.45) is 6.76. The second-order valence-electron chi connectivity index (χ2n) is 7.58. The maximum atomic E-state index is 13.4. The highest BCUT2D eigenvalue weighted by Crippen LogP contribution is 2.34. The highest BCUT2D eigenvalue weighted by molar-refractivity contribution is 6.42. The quantitative estimate of drug-likeness (QED) is 0.331. The van der Waals surface area contributed by atoms with Crippen LogP contribution in [0.5, 0.6) is 0 Å². The first kappa shape index (κ1) is 24.9. The van der Waals surface area contributed by atoms with Gasteiger partial charge in [-0.1, -0.05) is 58.5 Å². The van der Waals surface area contributed by atoms with Gasteiger partial charge < -0.3 is 5.32 Å². The van der Waals surface area contributed by atoms with Gasteiger partial charge in [0.15, 0.2) is 5.78 Å². The maximum absolute atomic E-state index is 13.4. The van der Waals surface area contributed by atoms with Crippen LogP contribution < -0.4 is 5.32 Å². The van der Waals surface area contributed by atoms with Gasteiger partial charge in [-0.15, -0.1) is 11.8 Å². The minimum atomic E-state index is 0.0478. The summed E-state index contributed by atoms with van der Waals surface area (Å²) in [4.78, 5) is 13.4. The van der Waals surface area contributed by atoms with Crippen molar-refractivity contribution in [3.05, 3.63) is 78.8 Å². The van der Waals surface area contributed by atoms with Crippen molar-refractivity contribution < 1.29 is 4.79 Å². The smallest absolute Gasteiger partial charge is 0.188 e. The molecule has 0 amide bonds. The number of hydrogen-bond donors (Lipinski definition) is 1. The molecular weight excluding hydrogens is 484 g/mol. The summed E-state index contributed by atoms with van der Waals surface area (Å²) in [6, 6.07) is 10.9. The number of piperidine rings is 2. The molecule has 0 aromatic heterocycles. The molecule has 2 aliphatic heterocycles. The fraction of sp³-hybridized carbons (Fsp3) is 0.269. The summed E-state index contributed by atoms with van der Waals surface area (Å²) >= 11 is 24.3. The fourth-order valence-corrected chi connectivity index (χ4v) is 4.42. The Morgan fingerprint density at radius 2 is 1.22 bits per heavy atom. The molecule has 6 heteroatoms. The molecule has 2 saturated heterocycles. The average Bonchev–Trinajstić information content (AvgIpc) is 2.79. The van der Waals surface area contributed by atoms with Crippen molar-refractivity contribution in [2.45, 2.75) is 45.2 Å². The Hall–Kier alpha value is -1.73. The summed E-state index contributed by atoms with van der Waals surface area (Å²) in [5.74, 6) is 5.42. The molecule has 0 saturated carbocycles. The Balaban J connectivity index is 0.000000668. The maximum Gasteiger partial charge on any atom is 0.188 e. The number of Topliss-reactive ketones (excluding diaryl/α,β-unsaturated/α-hetero) is 1. The molecule has 2 heterocycles. The normalized spacial score (nSPS) is 22.1. The van der Waals surface area contributed by atoms with Gasteiger partial charge in [-0.25, -0.2) is 0 Å². The first-order chi connectivity index (χ1) is 15.3. The van der Waals surface area contributed by atoms with Crippen LogP contribution in [0.4, 0.5) is 0 Å². The Labute approximate surface area is 209 Å². The van der Waals surface area contributed by atoms with Crippen molar-refractivity contribution in [1.29, 1.82) is 0 Å². The predicted molar refractivity (Wildman–Crippen MR) is 138 cm³/mol. The minimum Gasteiger partial charge on any atom is -0.303 e. The molecule has 4 rings (SSSR count). The third-order valence-corrected chi connectivity index (χ3v) is 6.92. The van der Waals surface area contributed by atoms with Gasteiger partial charge in [0.05, 0.1) is 20.1 Å². The van der Waals surface area contributed by atoms with E-state index in [-0.39, 0.29) is 17.9 Å². The molecule has 1 N–H and O–H groups in total. The van der Waals surface area contributed by atoms with E-state index < -0.39 is 0 Å². The van der Waals surface area contributed by atoms with Gasteiger partial charge in [0.25, 0.3) is 0 Å². The van der Waals surface area contributed by atoms with Crippen molar-refractivity contribution >= 4 is 64.3 Å². The fourth-order valence-electron chi connectivity index (χ4n) is 3.81. The van der Waals surface area contributed by atoms with Gasteiger partial charge in [-0.2, -0.15) is 0 Å². The average molecular weight is 507 g/mol. The number of carbonyl (C=O) groups excluding carboxylic acids is 1. The van der Waals surface area contributed by atoms with E-state index in [4.69, 9.17) is 46.4 Å². The van der Waals surface area contributed by atoms with Crippen molar-refractivity contribution in [2.75, 3.05) is 0 Å². The van der Waals surface area contributed by atoms with E-state index in [0.717, 1.165) is 41.5 Å². The van der Waals surface area contributed by atoms with Gasteiger partial charge in [-0.3, -0.25) is 4.79 Å². The van der Waals surface area contributed by atoms with Crippen LogP contribution in [0.3, 0.4) is 0 Å². The zero-order valence-electron chi connectivity index (χ0n) is 17.8. The minimum absolute atomic E-state index is 0.0478. The summed E-state index contributed by atoms with van der Waals surface area (Å²) in [5.41, 5.74) is 3.22. The Morgan fingerprint density at radius 1 is 0.781 bits per heavy atom. The number of rotatable bonds is 2. The molecule has 2 nitrogen and oxygen atoms in total. The lowest BCUT2D eigenvalue weighted by molar-refractivity contribution is -0.113. The number of halogens is 4. The zero-order chi connectivity index (χ0) is 23.3. The zero-order valence-corrected chi connectivity index (χ0v) is 20.8. The van der Waals surface area contributed by atoms with E-state index in [1.54, 1.807) is 24.3 Å². The molecule has 0 aliphatic carbocycles. The molecule has 2 bridgehead atoms. The molecule has 2 aromatic rings. The lowest BCUT2D eigenvalue weighted by Crippen LogP contribution is -2.52. The largest absolute Gasteiger partial charge is 0.303 e. The van der Waals surface area contributed by atoms with Crippen LogP contribution in [0, 0.1) is 11.8 Å². The van der Waals surface area contributed by atoms with Gasteiger partial charge in [0, 0.05) is 23.2 Å². The number of nitrogens with one attached hydrogen (secondary N) is 1. The molecule has 166 valence electrons. The summed E-state index contributed by atoms with van der Waals surface area (Å²) in [6.45, 7) is 3.64. The number of fused-ring (bicyclic) bond motifs is 2. The van der Waals surface area contributed by atoms with Crippen LogP contribution in [-0.4, -0.2) is 17.9 Å². The third-order valence-electron chi connectivity index (χ3n) is 5.44. The number of benzene rings is 2. The number of ketones is 1. The lowest BCUT2D eigenvalue weighted by Gasteiger charge is -2.38. The lowest BCUT2D eigenvalue weighted by atomic mass is 9.78. The van der Waals surface area contributed by atoms with Crippen molar-refractivity contribution in [2.24, 2.45) is 0 Å². The standard InChI is InChI=1S/C22H17Cl4NO.C4H6/c23-16-6-4-12(10-18(16)25)8-14-20-2-1-3-21(27-20)15(22(14)28)9-13-5-7-17(24)19(26)11-13;1-3-4-2/h4-11,20-21,27H,1-3H2;1-2H3/b14-8+,15-9+;. The SMILES string of the molecule is CC#CC.O=C1/C(=C/c2ccc(Cl)c(Cl)c2)C2CCCC(N2)/C1=C\c1ccc(Cl)c(Cl)c1. The number of hydrogen-bond acceptors (Lipinski definition) is 2. The number of carbonyl (C=O) groups is 1. The molecule has 0 spiro atoms. The van der Waals surface area contributed by atoms with Crippen LogP contribution in [0.15, 0.2) is 47.5 Å². The van der Waals surface area contributed by atoms with Crippen LogP contribution in [0.1, 0.15) is 44.2 Å². The monoisotopic (exact) mass is 505 g/mol. The van der Waals surface area contributed by atoms with E-state index in [1.165, 1.54) is 0 Å². The first-order valence-corrected chi connectivity index (χ1v) is 11.8. The highest BCUT2D eigenvalue weighted by atomic mass is 35.5. The molecule has 32 heavy (non-hydrogen) atoms. The second-order valence-corrected chi connectivity index (χ2v) is 9.21. The van der Waals surface area contributed by atoms with Gasteiger partial charge in [0.1, 0.15) is 0 Å². The summed E-state index contributed by atoms with van der Waals surface area (Å²) in [7, 11) is 0. The molecule has 2 atom stereocenters. The van der Waals surface area contributed by atoms with Crippen molar-refractivity contribution in [3.8, 4) is 11.8 Å². The van der Waals surface area contributed by atoms with E-state index >= 15 is 0 Å². The van der Waals surface area contributed by atoms with Crippen LogP contribution in [0.25, 0.3) is 12.2 Å². The summed E-state index contributed by atoms with van der Waals surface area (Å²) in [5, 5.41) is 5.54. The van der Waals surface area contributed by atoms with E-state index in [1.807, 2.05) is 38.1 Å². The first-order valence-electron chi connectivity index (χ1n) is 10.3. The second kappa shape index (κ2) is 11.4. The van der Waals surface area contributed by atoms with Crippen LogP contribution in [0.2, 0.25) is 20.1 Å². The predicted octanol–water partition coefficient (Wildman–Crippen LogP) is 7.89. The van der Waals surface area contributed by atoms with E-state index in [0.29, 0.717) is 20.1 Å². The van der Waals surface area contributed by atoms with Crippen molar-refractivity contribution in [1.82, 2.24) is 5.32 Å². The van der Waals surface area contributed by atoms with E-state index in [2.05, 4.69) is 17.2 Å². The van der Waals surface area contributed by atoms with E-state index in [9.17, 15) is 4.79 Å². The van der Waals surface area contributed by atoms with Crippen LogP contribution in [-0.2, 0) is 4.79 Å². The Kier molecular flexibility index (Phi) is 8.88.